The first-order valence-corrected chi connectivity index (χ1v) is 7.07. The Hall–Kier alpha value is -2.45. The van der Waals surface area contributed by atoms with Crippen molar-refractivity contribution in [2.24, 2.45) is 0 Å². The summed E-state index contributed by atoms with van der Waals surface area (Å²) in [5.74, 6) is 0. The van der Waals surface area contributed by atoms with Gasteiger partial charge in [-0.1, -0.05) is 6.07 Å². The van der Waals surface area contributed by atoms with Gasteiger partial charge in [0.25, 0.3) is 0 Å². The number of nitrogens with one attached hydrogen (secondary N) is 1. The molecule has 0 saturated heterocycles. The number of hydrogen-bond donors (Lipinski definition) is 2. The minimum Gasteiger partial charge on any atom is -0.390 e. The summed E-state index contributed by atoms with van der Waals surface area (Å²) < 4.78 is 1.87. The Morgan fingerprint density at radius 2 is 2.14 bits per heavy atom. The molecule has 0 aliphatic heterocycles. The predicted octanol–water partition coefficient (Wildman–Crippen LogP) is 1.64. The molecule has 4 rings (SSSR count). The minimum absolute atomic E-state index is 0.0925. The molecule has 0 bridgehead atoms. The summed E-state index contributed by atoms with van der Waals surface area (Å²) in [7, 11) is 0. The van der Waals surface area contributed by atoms with Crippen molar-refractivity contribution in [3.63, 3.8) is 0 Å². The van der Waals surface area contributed by atoms with Crippen LogP contribution < -0.4 is 0 Å². The Balaban J connectivity index is 1.85. The van der Waals surface area contributed by atoms with Crippen LogP contribution in [0.25, 0.3) is 16.8 Å². The molecule has 0 saturated carbocycles. The van der Waals surface area contributed by atoms with Gasteiger partial charge in [0.2, 0.25) is 0 Å². The van der Waals surface area contributed by atoms with Gasteiger partial charge < -0.3 is 14.5 Å². The Bertz CT molecular complexity index is 931. The number of aliphatic hydroxyl groups excluding tert-OH is 1. The van der Waals surface area contributed by atoms with E-state index in [-0.39, 0.29) is 6.61 Å². The van der Waals surface area contributed by atoms with Crippen LogP contribution in [0.15, 0.2) is 47.1 Å². The number of rotatable bonds is 3. The van der Waals surface area contributed by atoms with Crippen molar-refractivity contribution in [1.29, 1.82) is 0 Å². The summed E-state index contributed by atoms with van der Waals surface area (Å²) in [5.41, 5.74) is 2.91. The van der Waals surface area contributed by atoms with E-state index in [2.05, 4.69) is 24.9 Å². The molecule has 4 aromatic rings. The molecule has 7 nitrogen and oxygen atoms in total. The molecule has 4 heterocycles. The van der Waals surface area contributed by atoms with Crippen LogP contribution in [0.2, 0.25) is 0 Å². The normalized spacial score (nSPS) is 11.5. The van der Waals surface area contributed by atoms with E-state index < -0.39 is 0 Å². The standard InChI is InChI=1S/C13H10N6OS/c20-5-8-12(18-9-3-1-2-4-19(8)9)21-13-10-11(15-6-14-10)16-7-17-13/h1-4,6-7,20H,5H2,(H,14,15,16,17). The van der Waals surface area contributed by atoms with E-state index in [4.69, 9.17) is 0 Å². The number of nitrogens with zero attached hydrogens (tertiary/aromatic N) is 5. The third-order valence-corrected chi connectivity index (χ3v) is 4.15. The number of imidazole rings is 2. The fraction of sp³-hybridized carbons (Fsp3) is 0.0769. The van der Waals surface area contributed by atoms with E-state index in [9.17, 15) is 5.11 Å². The van der Waals surface area contributed by atoms with E-state index in [1.807, 2.05) is 28.8 Å². The quantitative estimate of drug-likeness (QED) is 0.559. The van der Waals surface area contributed by atoms with Gasteiger partial charge in [-0.2, -0.15) is 0 Å². The minimum atomic E-state index is -0.0925. The maximum atomic E-state index is 9.63. The molecule has 0 radical (unpaired) electrons. The van der Waals surface area contributed by atoms with Crippen LogP contribution in [-0.4, -0.2) is 34.4 Å². The Kier molecular flexibility index (Phi) is 2.83. The lowest BCUT2D eigenvalue weighted by Crippen LogP contribution is -1.93. The molecule has 0 atom stereocenters. The first-order valence-electron chi connectivity index (χ1n) is 6.25. The van der Waals surface area contributed by atoms with Gasteiger partial charge in [0.15, 0.2) is 5.65 Å². The van der Waals surface area contributed by atoms with Gasteiger partial charge in [-0.05, 0) is 23.9 Å². The van der Waals surface area contributed by atoms with Gasteiger partial charge in [0.05, 0.1) is 18.6 Å². The van der Waals surface area contributed by atoms with E-state index in [1.165, 1.54) is 18.1 Å². The van der Waals surface area contributed by atoms with Gasteiger partial charge in [0, 0.05) is 6.20 Å². The zero-order valence-electron chi connectivity index (χ0n) is 10.8. The monoisotopic (exact) mass is 298 g/mol. The molecule has 0 amide bonds. The molecule has 0 aliphatic carbocycles. The van der Waals surface area contributed by atoms with Crippen molar-refractivity contribution in [1.82, 2.24) is 29.3 Å². The van der Waals surface area contributed by atoms with Gasteiger partial charge in [0.1, 0.15) is 27.5 Å². The summed E-state index contributed by atoms with van der Waals surface area (Å²) >= 11 is 1.38. The van der Waals surface area contributed by atoms with Crippen molar-refractivity contribution >= 4 is 28.6 Å². The van der Waals surface area contributed by atoms with Crippen LogP contribution >= 0.6 is 11.8 Å². The summed E-state index contributed by atoms with van der Waals surface area (Å²) in [4.78, 5) is 20.0. The molecule has 0 spiro atoms. The van der Waals surface area contributed by atoms with Crippen LogP contribution in [0.5, 0.6) is 0 Å². The second-order valence-corrected chi connectivity index (χ2v) is 5.31. The molecule has 4 aromatic heterocycles. The molecule has 2 N–H and O–H groups in total. The molecular weight excluding hydrogens is 288 g/mol. The SMILES string of the molecule is OCc1c(Sc2ncnc3nc[nH]c23)nc2ccccn12. The highest BCUT2D eigenvalue weighted by Gasteiger charge is 2.15. The van der Waals surface area contributed by atoms with Gasteiger partial charge in [-0.25, -0.2) is 19.9 Å². The molecule has 0 aliphatic rings. The highest BCUT2D eigenvalue weighted by molar-refractivity contribution is 7.99. The van der Waals surface area contributed by atoms with Crippen LogP contribution in [0.3, 0.4) is 0 Å². The van der Waals surface area contributed by atoms with Gasteiger partial charge in [-0.3, -0.25) is 0 Å². The van der Waals surface area contributed by atoms with E-state index in [1.54, 1.807) is 6.33 Å². The lowest BCUT2D eigenvalue weighted by atomic mass is 10.4. The lowest BCUT2D eigenvalue weighted by molar-refractivity contribution is 0.272. The largest absolute Gasteiger partial charge is 0.390 e. The average molecular weight is 298 g/mol. The van der Waals surface area contributed by atoms with Crippen molar-refractivity contribution in [2.75, 3.05) is 0 Å². The second kappa shape index (κ2) is 4.83. The first kappa shape index (κ1) is 12.3. The summed E-state index contributed by atoms with van der Waals surface area (Å²) in [5, 5.41) is 11.1. The van der Waals surface area contributed by atoms with Crippen molar-refractivity contribution in [3.8, 4) is 0 Å². The summed E-state index contributed by atoms with van der Waals surface area (Å²) in [6.45, 7) is -0.0925. The summed E-state index contributed by atoms with van der Waals surface area (Å²) in [6.07, 6.45) is 4.93. The average Bonchev–Trinajstić information content (AvgIpc) is 3.11. The molecule has 0 aromatic carbocycles. The molecule has 8 heteroatoms. The second-order valence-electron chi connectivity index (χ2n) is 4.33. The van der Waals surface area contributed by atoms with Gasteiger partial charge in [-0.15, -0.1) is 0 Å². The highest BCUT2D eigenvalue weighted by atomic mass is 32.2. The topological polar surface area (TPSA) is 92.0 Å². The molecule has 104 valence electrons. The number of pyridine rings is 1. The number of aromatic nitrogens is 6. The van der Waals surface area contributed by atoms with Gasteiger partial charge >= 0.3 is 0 Å². The Morgan fingerprint density at radius 3 is 3.05 bits per heavy atom. The maximum Gasteiger partial charge on any atom is 0.181 e. The number of aliphatic hydroxyl groups is 1. The van der Waals surface area contributed by atoms with Crippen molar-refractivity contribution in [2.45, 2.75) is 16.7 Å². The van der Waals surface area contributed by atoms with Crippen LogP contribution in [-0.2, 0) is 6.61 Å². The van der Waals surface area contributed by atoms with E-state index >= 15 is 0 Å². The number of fused-ring (bicyclic) bond motifs is 2. The fourth-order valence-corrected chi connectivity index (χ4v) is 3.12. The predicted molar refractivity (Wildman–Crippen MR) is 76.9 cm³/mol. The lowest BCUT2D eigenvalue weighted by Gasteiger charge is -2.01. The van der Waals surface area contributed by atoms with Crippen LogP contribution in [0.4, 0.5) is 0 Å². The zero-order chi connectivity index (χ0) is 14.2. The molecular formula is C13H10N6OS. The molecule has 0 unspecified atom stereocenters. The molecule has 0 fully saturated rings. The Labute approximate surface area is 123 Å². The number of H-pyrrole nitrogens is 1. The van der Waals surface area contributed by atoms with Crippen LogP contribution in [0.1, 0.15) is 5.69 Å². The van der Waals surface area contributed by atoms with Crippen molar-refractivity contribution < 1.29 is 5.11 Å². The third kappa shape index (κ3) is 1.96. The fourth-order valence-electron chi connectivity index (χ4n) is 2.16. The van der Waals surface area contributed by atoms with Crippen molar-refractivity contribution in [3.05, 3.63) is 42.7 Å². The number of aromatic amines is 1. The molecule has 21 heavy (non-hydrogen) atoms. The zero-order valence-corrected chi connectivity index (χ0v) is 11.6. The van der Waals surface area contributed by atoms with E-state index in [0.717, 1.165) is 26.9 Å². The van der Waals surface area contributed by atoms with Crippen LogP contribution in [0, 0.1) is 0 Å². The third-order valence-electron chi connectivity index (χ3n) is 3.12. The number of hydrogen-bond acceptors (Lipinski definition) is 6. The summed E-state index contributed by atoms with van der Waals surface area (Å²) in [6, 6.07) is 5.71. The van der Waals surface area contributed by atoms with E-state index in [0.29, 0.717) is 5.65 Å². The first-order chi connectivity index (χ1) is 10.4. The Morgan fingerprint density at radius 1 is 1.19 bits per heavy atom. The highest BCUT2D eigenvalue weighted by Crippen LogP contribution is 2.32. The maximum absolute atomic E-state index is 9.63. The smallest absolute Gasteiger partial charge is 0.181 e.